The maximum atomic E-state index is 12.9. The van der Waals surface area contributed by atoms with Gasteiger partial charge in [0.1, 0.15) is 5.82 Å². The first kappa shape index (κ1) is 11.7. The van der Waals surface area contributed by atoms with Crippen molar-refractivity contribution in [2.75, 3.05) is 0 Å². The van der Waals surface area contributed by atoms with Crippen LogP contribution in [0.5, 0.6) is 0 Å². The fourth-order valence-corrected chi connectivity index (χ4v) is 1.77. The third-order valence-electron chi connectivity index (χ3n) is 2.46. The Labute approximate surface area is 92.1 Å². The SMILES string of the molecule is CCC(O)C(C)c1ccc(F)c(Br)c1. The minimum absolute atomic E-state index is 0.0388. The molecule has 0 aromatic heterocycles. The van der Waals surface area contributed by atoms with Gasteiger partial charge in [-0.15, -0.1) is 0 Å². The molecule has 14 heavy (non-hydrogen) atoms. The van der Waals surface area contributed by atoms with Gasteiger partial charge < -0.3 is 5.11 Å². The highest BCUT2D eigenvalue weighted by Crippen LogP contribution is 2.25. The number of hydrogen-bond donors (Lipinski definition) is 1. The largest absolute Gasteiger partial charge is 0.393 e. The maximum absolute atomic E-state index is 12.9. The molecular formula is C11H14BrFO. The lowest BCUT2D eigenvalue weighted by Crippen LogP contribution is -2.14. The molecule has 0 saturated carbocycles. The van der Waals surface area contributed by atoms with E-state index >= 15 is 0 Å². The Bertz CT molecular complexity index is 314. The van der Waals surface area contributed by atoms with Crippen molar-refractivity contribution in [2.45, 2.75) is 32.3 Å². The molecule has 1 nitrogen and oxygen atoms in total. The molecule has 0 fully saturated rings. The molecule has 0 radical (unpaired) electrons. The van der Waals surface area contributed by atoms with Gasteiger partial charge in [0.25, 0.3) is 0 Å². The Morgan fingerprint density at radius 3 is 2.64 bits per heavy atom. The number of benzene rings is 1. The number of aliphatic hydroxyl groups excluding tert-OH is 1. The summed E-state index contributed by atoms with van der Waals surface area (Å²) >= 11 is 3.13. The third-order valence-corrected chi connectivity index (χ3v) is 3.07. The molecule has 1 aromatic carbocycles. The highest BCUT2D eigenvalue weighted by molar-refractivity contribution is 9.10. The molecule has 3 heteroatoms. The number of aliphatic hydroxyl groups is 1. The molecule has 1 N–H and O–H groups in total. The van der Waals surface area contributed by atoms with Crippen LogP contribution in [0.2, 0.25) is 0 Å². The normalized spacial score (nSPS) is 15.2. The Morgan fingerprint density at radius 2 is 2.14 bits per heavy atom. The fourth-order valence-electron chi connectivity index (χ4n) is 1.37. The molecule has 0 aliphatic rings. The smallest absolute Gasteiger partial charge is 0.137 e. The van der Waals surface area contributed by atoms with Gasteiger partial charge in [0.05, 0.1) is 10.6 Å². The number of rotatable bonds is 3. The van der Waals surface area contributed by atoms with E-state index < -0.39 is 0 Å². The van der Waals surface area contributed by atoms with Crippen LogP contribution in [0.15, 0.2) is 22.7 Å². The molecule has 0 bridgehead atoms. The van der Waals surface area contributed by atoms with Crippen molar-refractivity contribution < 1.29 is 9.50 Å². The predicted octanol–water partition coefficient (Wildman–Crippen LogP) is 3.46. The Hall–Kier alpha value is -0.410. The fraction of sp³-hybridized carbons (Fsp3) is 0.455. The van der Waals surface area contributed by atoms with E-state index in [0.717, 1.165) is 5.56 Å². The van der Waals surface area contributed by atoms with Crippen LogP contribution >= 0.6 is 15.9 Å². The zero-order valence-corrected chi connectivity index (χ0v) is 9.88. The number of hydrogen-bond acceptors (Lipinski definition) is 1. The Morgan fingerprint density at radius 1 is 1.50 bits per heavy atom. The van der Waals surface area contributed by atoms with Crippen LogP contribution < -0.4 is 0 Å². The van der Waals surface area contributed by atoms with Gasteiger partial charge in [-0.05, 0) is 40.0 Å². The van der Waals surface area contributed by atoms with E-state index in [9.17, 15) is 9.50 Å². The monoisotopic (exact) mass is 260 g/mol. The van der Waals surface area contributed by atoms with Crippen LogP contribution in [0, 0.1) is 5.82 Å². The van der Waals surface area contributed by atoms with Gasteiger partial charge in [0.2, 0.25) is 0 Å². The summed E-state index contributed by atoms with van der Waals surface area (Å²) in [6, 6.07) is 4.85. The van der Waals surface area contributed by atoms with Gasteiger partial charge in [-0.1, -0.05) is 19.9 Å². The van der Waals surface area contributed by atoms with Crippen LogP contribution in [0.1, 0.15) is 31.7 Å². The average molecular weight is 261 g/mol. The standard InChI is InChI=1S/C11H14BrFO/c1-3-11(14)7(2)8-4-5-10(13)9(12)6-8/h4-7,11,14H,3H2,1-2H3. The average Bonchev–Trinajstić information content (AvgIpc) is 2.20. The first-order valence-corrected chi connectivity index (χ1v) is 5.48. The lowest BCUT2D eigenvalue weighted by Gasteiger charge is -2.17. The summed E-state index contributed by atoms with van der Waals surface area (Å²) in [6.07, 6.45) is 0.336. The summed E-state index contributed by atoms with van der Waals surface area (Å²) in [5, 5.41) is 9.63. The summed E-state index contributed by atoms with van der Waals surface area (Å²) in [5.41, 5.74) is 0.952. The molecule has 0 amide bonds. The maximum Gasteiger partial charge on any atom is 0.137 e. The summed E-state index contributed by atoms with van der Waals surface area (Å²) in [6.45, 7) is 3.87. The van der Waals surface area contributed by atoms with E-state index in [1.165, 1.54) is 6.07 Å². The molecule has 0 saturated heterocycles. The number of halogens is 2. The minimum Gasteiger partial charge on any atom is -0.393 e. The van der Waals surface area contributed by atoms with E-state index in [2.05, 4.69) is 15.9 Å². The van der Waals surface area contributed by atoms with E-state index in [1.54, 1.807) is 12.1 Å². The molecule has 0 aliphatic carbocycles. The molecule has 0 aliphatic heterocycles. The molecule has 2 unspecified atom stereocenters. The van der Waals surface area contributed by atoms with Crippen molar-refractivity contribution in [2.24, 2.45) is 0 Å². The van der Waals surface area contributed by atoms with Crippen molar-refractivity contribution in [1.29, 1.82) is 0 Å². The van der Waals surface area contributed by atoms with E-state index in [0.29, 0.717) is 10.9 Å². The van der Waals surface area contributed by atoms with Gasteiger partial charge in [-0.3, -0.25) is 0 Å². The summed E-state index contributed by atoms with van der Waals surface area (Å²) in [4.78, 5) is 0. The van der Waals surface area contributed by atoms with E-state index in [4.69, 9.17) is 0 Å². The van der Waals surface area contributed by atoms with Crippen molar-refractivity contribution in [3.05, 3.63) is 34.1 Å². The van der Waals surface area contributed by atoms with Crippen LogP contribution in [0.4, 0.5) is 4.39 Å². The lowest BCUT2D eigenvalue weighted by atomic mass is 9.94. The topological polar surface area (TPSA) is 20.2 Å². The molecule has 1 aromatic rings. The quantitative estimate of drug-likeness (QED) is 0.883. The van der Waals surface area contributed by atoms with Gasteiger partial charge in [0, 0.05) is 5.92 Å². The van der Waals surface area contributed by atoms with Crippen molar-refractivity contribution >= 4 is 15.9 Å². The van der Waals surface area contributed by atoms with Crippen LogP contribution in [0.25, 0.3) is 0 Å². The summed E-state index contributed by atoms with van der Waals surface area (Å²) in [7, 11) is 0. The molecular weight excluding hydrogens is 247 g/mol. The highest BCUT2D eigenvalue weighted by Gasteiger charge is 2.15. The van der Waals surface area contributed by atoms with Crippen molar-refractivity contribution in [3.63, 3.8) is 0 Å². The highest BCUT2D eigenvalue weighted by atomic mass is 79.9. The first-order valence-electron chi connectivity index (χ1n) is 4.69. The molecule has 0 spiro atoms. The van der Waals surface area contributed by atoms with E-state index in [-0.39, 0.29) is 17.8 Å². The zero-order valence-electron chi connectivity index (χ0n) is 8.30. The van der Waals surface area contributed by atoms with Gasteiger partial charge >= 0.3 is 0 Å². The predicted molar refractivity (Wildman–Crippen MR) is 58.8 cm³/mol. The van der Waals surface area contributed by atoms with E-state index in [1.807, 2.05) is 13.8 Å². The van der Waals surface area contributed by atoms with Gasteiger partial charge in [-0.2, -0.15) is 0 Å². The second kappa shape index (κ2) is 4.89. The van der Waals surface area contributed by atoms with Gasteiger partial charge in [-0.25, -0.2) is 4.39 Å². The summed E-state index contributed by atoms with van der Waals surface area (Å²) in [5.74, 6) is -0.233. The van der Waals surface area contributed by atoms with Gasteiger partial charge in [0.15, 0.2) is 0 Å². The lowest BCUT2D eigenvalue weighted by molar-refractivity contribution is 0.145. The van der Waals surface area contributed by atoms with Crippen molar-refractivity contribution in [3.8, 4) is 0 Å². The Kier molecular flexibility index (Phi) is 4.08. The molecule has 0 heterocycles. The van der Waals surface area contributed by atoms with Crippen LogP contribution in [-0.4, -0.2) is 11.2 Å². The second-order valence-corrected chi connectivity index (χ2v) is 4.29. The van der Waals surface area contributed by atoms with Crippen molar-refractivity contribution in [1.82, 2.24) is 0 Å². The minimum atomic E-state index is -0.368. The molecule has 1 rings (SSSR count). The molecule has 2 atom stereocenters. The molecule has 78 valence electrons. The third kappa shape index (κ3) is 2.55. The van der Waals surface area contributed by atoms with Crippen LogP contribution in [0.3, 0.4) is 0 Å². The zero-order chi connectivity index (χ0) is 10.7. The first-order chi connectivity index (χ1) is 6.56. The van der Waals surface area contributed by atoms with Crippen LogP contribution in [-0.2, 0) is 0 Å². The summed E-state index contributed by atoms with van der Waals surface area (Å²) < 4.78 is 13.4. The Balaban J connectivity index is 2.91. The second-order valence-electron chi connectivity index (χ2n) is 3.44.